The number of ether oxygens (including phenoxy) is 4. The Bertz CT molecular complexity index is 738. The largest absolute Gasteiger partial charge is 0.393 e. The van der Waals surface area contributed by atoms with Gasteiger partial charge in [0, 0.05) is 25.6 Å². The summed E-state index contributed by atoms with van der Waals surface area (Å²) in [6, 6.07) is 10.5. The lowest BCUT2D eigenvalue weighted by Crippen LogP contribution is -2.31. The molecular formula is C29H42O5. The third kappa shape index (κ3) is 7.50. The van der Waals surface area contributed by atoms with Crippen molar-refractivity contribution in [3.63, 3.8) is 0 Å². The van der Waals surface area contributed by atoms with E-state index in [1.54, 1.807) is 0 Å². The van der Waals surface area contributed by atoms with Gasteiger partial charge in [-0.25, -0.2) is 0 Å². The average molecular weight is 471 g/mol. The highest BCUT2D eigenvalue weighted by Crippen LogP contribution is 2.39. The van der Waals surface area contributed by atoms with Gasteiger partial charge in [-0.15, -0.1) is 6.58 Å². The first-order valence-electron chi connectivity index (χ1n) is 13.3. The molecule has 4 rings (SSSR count). The van der Waals surface area contributed by atoms with Crippen molar-refractivity contribution in [2.45, 2.75) is 95.1 Å². The summed E-state index contributed by atoms with van der Waals surface area (Å²) in [5.41, 5.74) is 1.31. The maximum absolute atomic E-state index is 10.8. The van der Waals surface area contributed by atoms with Crippen LogP contribution in [-0.2, 0) is 25.4 Å². The highest BCUT2D eigenvalue weighted by atomic mass is 16.7. The third-order valence-electron chi connectivity index (χ3n) is 7.37. The Balaban J connectivity index is 1.45. The van der Waals surface area contributed by atoms with Gasteiger partial charge in [-0.05, 0) is 69.3 Å². The molecule has 2 unspecified atom stereocenters. The Morgan fingerprint density at radius 3 is 2.44 bits per heavy atom. The predicted octanol–water partition coefficient (Wildman–Crippen LogP) is 5.57. The fourth-order valence-electron chi connectivity index (χ4n) is 5.46. The van der Waals surface area contributed by atoms with Crippen LogP contribution < -0.4 is 0 Å². The number of hydrogen-bond acceptors (Lipinski definition) is 5. The van der Waals surface area contributed by atoms with Crippen molar-refractivity contribution in [1.29, 1.82) is 0 Å². The summed E-state index contributed by atoms with van der Waals surface area (Å²) in [5.74, 6) is 0.205. The minimum Gasteiger partial charge on any atom is -0.393 e. The summed E-state index contributed by atoms with van der Waals surface area (Å²) < 4.78 is 24.5. The van der Waals surface area contributed by atoms with E-state index < -0.39 is 6.10 Å². The van der Waals surface area contributed by atoms with Crippen molar-refractivity contribution in [3.05, 3.63) is 60.7 Å². The second-order valence-corrected chi connectivity index (χ2v) is 9.92. The average Bonchev–Trinajstić information content (AvgIpc) is 3.16. The zero-order valence-corrected chi connectivity index (χ0v) is 20.4. The molecular weight excluding hydrogens is 428 g/mol. The molecule has 34 heavy (non-hydrogen) atoms. The van der Waals surface area contributed by atoms with E-state index in [0.717, 1.165) is 71.0 Å². The van der Waals surface area contributed by atoms with Crippen molar-refractivity contribution in [2.24, 2.45) is 11.8 Å². The van der Waals surface area contributed by atoms with E-state index in [0.29, 0.717) is 6.42 Å². The van der Waals surface area contributed by atoms with E-state index in [9.17, 15) is 5.11 Å². The van der Waals surface area contributed by atoms with Gasteiger partial charge in [0.25, 0.3) is 0 Å². The predicted molar refractivity (Wildman–Crippen MR) is 133 cm³/mol. The second kappa shape index (κ2) is 13.6. The Labute approximate surface area is 205 Å². The fraction of sp³-hybridized carbons (Fsp3) is 0.655. The maximum atomic E-state index is 10.8. The van der Waals surface area contributed by atoms with Gasteiger partial charge in [-0.2, -0.15) is 0 Å². The van der Waals surface area contributed by atoms with Gasteiger partial charge in [0.2, 0.25) is 0 Å². The Hall–Kier alpha value is -1.50. The highest BCUT2D eigenvalue weighted by molar-refractivity contribution is 5.15. The van der Waals surface area contributed by atoms with Gasteiger partial charge < -0.3 is 24.1 Å². The molecule has 0 radical (unpaired) electrons. The first-order valence-corrected chi connectivity index (χ1v) is 13.3. The monoisotopic (exact) mass is 470 g/mol. The smallest absolute Gasteiger partial charge is 0.158 e. The molecule has 0 amide bonds. The molecule has 5 heteroatoms. The summed E-state index contributed by atoms with van der Waals surface area (Å²) >= 11 is 0. The molecule has 0 bridgehead atoms. The number of aryl methyl sites for hydroxylation is 1. The van der Waals surface area contributed by atoms with Crippen LogP contribution in [0.4, 0.5) is 0 Å². The minimum absolute atomic E-state index is 0.0444. The number of aliphatic hydroxyl groups is 1. The number of benzene rings is 1. The molecule has 2 heterocycles. The number of rotatable bonds is 11. The van der Waals surface area contributed by atoms with Crippen molar-refractivity contribution < 1.29 is 24.1 Å². The second-order valence-electron chi connectivity index (χ2n) is 9.92. The number of aliphatic hydroxyl groups excluding tert-OH is 1. The van der Waals surface area contributed by atoms with Crippen molar-refractivity contribution in [3.8, 4) is 0 Å². The van der Waals surface area contributed by atoms with E-state index in [1.165, 1.54) is 5.56 Å². The molecule has 2 aliphatic heterocycles. The van der Waals surface area contributed by atoms with Crippen LogP contribution in [0.5, 0.6) is 0 Å². The molecule has 5 nitrogen and oxygen atoms in total. The van der Waals surface area contributed by atoms with Gasteiger partial charge in [-0.3, -0.25) is 0 Å². The molecule has 3 fully saturated rings. The zero-order valence-electron chi connectivity index (χ0n) is 20.4. The van der Waals surface area contributed by atoms with E-state index in [-0.39, 0.29) is 36.6 Å². The Kier molecular flexibility index (Phi) is 10.2. The van der Waals surface area contributed by atoms with Crippen molar-refractivity contribution in [1.82, 2.24) is 0 Å². The Morgan fingerprint density at radius 1 is 1.03 bits per heavy atom. The summed E-state index contributed by atoms with van der Waals surface area (Å²) in [6.45, 7) is 5.46. The van der Waals surface area contributed by atoms with E-state index >= 15 is 0 Å². The first-order chi connectivity index (χ1) is 16.7. The normalized spacial score (nSPS) is 33.2. The molecule has 188 valence electrons. The SMILES string of the molecule is C=CC[C@@H]1[C@@H](/C=C/[C@H](CCc2ccccc2)OC2CCCCO2)[C@H](OC2CCCCO2)C[C@@H]1O. The van der Waals surface area contributed by atoms with Crippen LogP contribution in [-0.4, -0.2) is 49.2 Å². The van der Waals surface area contributed by atoms with Gasteiger partial charge in [0.15, 0.2) is 12.6 Å². The van der Waals surface area contributed by atoms with Crippen LogP contribution in [0.3, 0.4) is 0 Å². The highest BCUT2D eigenvalue weighted by Gasteiger charge is 2.42. The topological polar surface area (TPSA) is 57.2 Å². The third-order valence-corrected chi connectivity index (χ3v) is 7.37. The Morgan fingerprint density at radius 2 is 1.76 bits per heavy atom. The molecule has 0 spiro atoms. The van der Waals surface area contributed by atoms with Crippen LogP contribution in [0.1, 0.15) is 63.4 Å². The quantitative estimate of drug-likeness (QED) is 0.428. The van der Waals surface area contributed by atoms with Gasteiger partial charge >= 0.3 is 0 Å². The van der Waals surface area contributed by atoms with Crippen LogP contribution in [0.25, 0.3) is 0 Å². The molecule has 1 aliphatic carbocycles. The summed E-state index contributed by atoms with van der Waals surface area (Å²) in [5, 5.41) is 10.8. The van der Waals surface area contributed by atoms with Crippen LogP contribution >= 0.6 is 0 Å². The van der Waals surface area contributed by atoms with E-state index in [4.69, 9.17) is 18.9 Å². The molecule has 2 saturated heterocycles. The standard InChI is InChI=1S/C29H42O5/c1-2-10-24-25(27(21-26(24)30)34-29-14-7-9-20-32-29)18-17-23(33-28-13-6-8-19-31-28)16-15-22-11-4-3-5-12-22/h2-5,11-12,17-18,23-30H,1,6-10,13-16,19-21H2/b18-17+/t23-,24+,25+,26-,27+,28?,29?/m0/s1. The van der Waals surface area contributed by atoms with Crippen molar-refractivity contribution in [2.75, 3.05) is 13.2 Å². The molecule has 0 aromatic heterocycles. The molecule has 3 aliphatic rings. The van der Waals surface area contributed by atoms with Crippen LogP contribution in [0.15, 0.2) is 55.1 Å². The summed E-state index contributed by atoms with van der Waals surface area (Å²) in [4.78, 5) is 0. The molecule has 1 aromatic carbocycles. The molecule has 1 saturated carbocycles. The van der Waals surface area contributed by atoms with Crippen LogP contribution in [0, 0.1) is 11.8 Å². The number of hydrogen-bond donors (Lipinski definition) is 1. The van der Waals surface area contributed by atoms with Gasteiger partial charge in [0.1, 0.15) is 0 Å². The van der Waals surface area contributed by atoms with E-state index in [2.05, 4.69) is 49.1 Å². The lowest BCUT2D eigenvalue weighted by Gasteiger charge is -2.30. The lowest BCUT2D eigenvalue weighted by atomic mass is 9.89. The van der Waals surface area contributed by atoms with Gasteiger partial charge in [-0.1, -0.05) is 48.6 Å². The van der Waals surface area contributed by atoms with E-state index in [1.807, 2.05) is 6.08 Å². The molecule has 7 atom stereocenters. The molecule has 1 N–H and O–H groups in total. The summed E-state index contributed by atoms with van der Waals surface area (Å²) in [6.07, 6.45) is 15.1. The zero-order chi connectivity index (χ0) is 23.6. The van der Waals surface area contributed by atoms with Crippen molar-refractivity contribution >= 4 is 0 Å². The molecule has 1 aromatic rings. The maximum Gasteiger partial charge on any atom is 0.158 e. The first kappa shape index (κ1) is 25.6. The minimum atomic E-state index is -0.397. The fourth-order valence-corrected chi connectivity index (χ4v) is 5.46. The lowest BCUT2D eigenvalue weighted by molar-refractivity contribution is -0.193. The summed E-state index contributed by atoms with van der Waals surface area (Å²) in [7, 11) is 0. The van der Waals surface area contributed by atoms with Crippen LogP contribution in [0.2, 0.25) is 0 Å². The number of allylic oxidation sites excluding steroid dienone is 1. The van der Waals surface area contributed by atoms with Gasteiger partial charge in [0.05, 0.1) is 18.3 Å².